The van der Waals surface area contributed by atoms with Crippen molar-refractivity contribution in [3.63, 3.8) is 0 Å². The van der Waals surface area contributed by atoms with Gasteiger partial charge >= 0.3 is 0 Å². The topological polar surface area (TPSA) is 93.7 Å². The van der Waals surface area contributed by atoms with Gasteiger partial charge in [0.15, 0.2) is 0 Å². The first-order valence-corrected chi connectivity index (χ1v) is 10.5. The fraction of sp³-hybridized carbons (Fsp3) is 0.286. The second kappa shape index (κ2) is 10.5. The van der Waals surface area contributed by atoms with Crippen molar-refractivity contribution in [1.82, 2.24) is 4.72 Å². The number of ether oxygens (including phenoxy) is 2. The number of carbonyl (C=O) groups excluding carboxylic acids is 1. The van der Waals surface area contributed by atoms with Crippen molar-refractivity contribution in [3.05, 3.63) is 48.0 Å². The molecule has 2 aromatic rings. The highest BCUT2D eigenvalue weighted by Gasteiger charge is 2.14. The second-order valence-electron chi connectivity index (χ2n) is 6.04. The van der Waals surface area contributed by atoms with E-state index in [0.717, 1.165) is 5.56 Å². The van der Waals surface area contributed by atoms with Crippen LogP contribution >= 0.6 is 0 Å². The first-order chi connectivity index (χ1) is 13.8. The summed E-state index contributed by atoms with van der Waals surface area (Å²) in [6.45, 7) is 5.65. The van der Waals surface area contributed by atoms with Crippen LogP contribution in [0, 0.1) is 18.8 Å². The van der Waals surface area contributed by atoms with E-state index in [4.69, 9.17) is 9.47 Å². The Balaban J connectivity index is 1.86. The number of amides is 1. The summed E-state index contributed by atoms with van der Waals surface area (Å²) in [6.07, 6.45) is 0. The van der Waals surface area contributed by atoms with E-state index in [0.29, 0.717) is 23.8 Å². The molecule has 0 aliphatic carbocycles. The number of hydrogen-bond donors (Lipinski definition) is 2. The Morgan fingerprint density at radius 1 is 1.10 bits per heavy atom. The molecule has 0 unspecified atom stereocenters. The highest BCUT2D eigenvalue weighted by atomic mass is 32.2. The lowest BCUT2D eigenvalue weighted by Gasteiger charge is -2.09. The average molecular weight is 416 g/mol. The average Bonchev–Trinajstić information content (AvgIpc) is 2.66. The third-order valence-electron chi connectivity index (χ3n) is 3.70. The molecule has 7 nitrogen and oxygen atoms in total. The lowest BCUT2D eigenvalue weighted by atomic mass is 10.2. The van der Waals surface area contributed by atoms with Crippen LogP contribution in [0.3, 0.4) is 0 Å². The third-order valence-corrected chi connectivity index (χ3v) is 5.10. The van der Waals surface area contributed by atoms with E-state index in [9.17, 15) is 13.2 Å². The smallest absolute Gasteiger partial charge is 0.241 e. The van der Waals surface area contributed by atoms with Gasteiger partial charge in [0.1, 0.15) is 18.1 Å². The molecule has 0 spiro atoms. The number of carbonyl (C=O) groups is 1. The van der Waals surface area contributed by atoms with Gasteiger partial charge in [0.25, 0.3) is 0 Å². The number of aryl methyl sites for hydroxylation is 1. The van der Waals surface area contributed by atoms with Crippen LogP contribution in [0.15, 0.2) is 47.4 Å². The molecule has 0 saturated carbocycles. The van der Waals surface area contributed by atoms with E-state index in [-0.39, 0.29) is 24.0 Å². The number of rotatable bonds is 8. The van der Waals surface area contributed by atoms with Crippen LogP contribution in [0.1, 0.15) is 19.4 Å². The van der Waals surface area contributed by atoms with Crippen LogP contribution in [-0.2, 0) is 14.8 Å². The summed E-state index contributed by atoms with van der Waals surface area (Å²) in [5.74, 6) is 6.50. The molecule has 29 heavy (non-hydrogen) atoms. The molecule has 1 amide bonds. The van der Waals surface area contributed by atoms with Gasteiger partial charge in [-0.1, -0.05) is 17.9 Å². The minimum Gasteiger partial charge on any atom is -0.494 e. The number of nitrogens with one attached hydrogen (secondary N) is 2. The first-order valence-electron chi connectivity index (χ1n) is 9.01. The predicted octanol–water partition coefficient (Wildman–Crippen LogP) is 2.71. The lowest BCUT2D eigenvalue weighted by Crippen LogP contribution is -2.24. The summed E-state index contributed by atoms with van der Waals surface area (Å²) in [6, 6.07) is 11.6. The number of anilines is 1. The maximum Gasteiger partial charge on any atom is 0.241 e. The van der Waals surface area contributed by atoms with Crippen LogP contribution < -0.4 is 19.5 Å². The molecule has 0 aliphatic rings. The largest absolute Gasteiger partial charge is 0.494 e. The van der Waals surface area contributed by atoms with Crippen molar-refractivity contribution in [2.45, 2.75) is 25.7 Å². The minimum absolute atomic E-state index is 0.0378. The van der Waals surface area contributed by atoms with Gasteiger partial charge in [-0.15, -0.1) is 0 Å². The van der Waals surface area contributed by atoms with Crippen molar-refractivity contribution in [3.8, 4) is 23.3 Å². The van der Waals surface area contributed by atoms with Gasteiger partial charge < -0.3 is 14.8 Å². The Labute approximate surface area is 171 Å². The van der Waals surface area contributed by atoms with E-state index in [1.54, 1.807) is 43.3 Å². The van der Waals surface area contributed by atoms with E-state index in [1.807, 2.05) is 6.92 Å². The Kier molecular flexibility index (Phi) is 8.07. The molecule has 2 N–H and O–H groups in total. The standard InChI is InChI=1S/C21H24N2O5S/c1-4-27-21-11-10-20(14-16(21)2)29(25,26)22-12-5-6-13-28-19-9-7-8-18(15-19)23-17(3)24/h7-11,14-15,22H,4,12-13H2,1-3H3,(H,23,24). The van der Waals surface area contributed by atoms with Crippen molar-refractivity contribution >= 4 is 21.6 Å². The van der Waals surface area contributed by atoms with Crippen LogP contribution in [-0.4, -0.2) is 34.1 Å². The highest BCUT2D eigenvalue weighted by Crippen LogP contribution is 2.21. The summed E-state index contributed by atoms with van der Waals surface area (Å²) in [5, 5.41) is 2.66. The first kappa shape index (κ1) is 22.3. The number of sulfonamides is 1. The summed E-state index contributed by atoms with van der Waals surface area (Å²) in [7, 11) is -3.66. The second-order valence-corrected chi connectivity index (χ2v) is 7.80. The van der Waals surface area contributed by atoms with Gasteiger partial charge in [0.2, 0.25) is 15.9 Å². The fourth-order valence-electron chi connectivity index (χ4n) is 2.42. The molecule has 0 aromatic heterocycles. The van der Waals surface area contributed by atoms with Crippen LogP contribution in [0.5, 0.6) is 11.5 Å². The van der Waals surface area contributed by atoms with Gasteiger partial charge in [-0.3, -0.25) is 4.79 Å². The zero-order valence-corrected chi connectivity index (χ0v) is 17.4. The normalized spacial score (nSPS) is 10.6. The molecule has 2 aromatic carbocycles. The Morgan fingerprint density at radius 3 is 2.59 bits per heavy atom. The maximum atomic E-state index is 12.3. The molecular formula is C21H24N2O5S. The van der Waals surface area contributed by atoms with E-state index < -0.39 is 10.0 Å². The third kappa shape index (κ3) is 7.14. The summed E-state index contributed by atoms with van der Waals surface area (Å²) < 4.78 is 38.0. The van der Waals surface area contributed by atoms with Crippen molar-refractivity contribution in [2.75, 3.05) is 25.1 Å². The van der Waals surface area contributed by atoms with E-state index in [1.165, 1.54) is 13.0 Å². The zero-order valence-electron chi connectivity index (χ0n) is 16.6. The van der Waals surface area contributed by atoms with E-state index >= 15 is 0 Å². The molecule has 0 aliphatic heterocycles. The highest BCUT2D eigenvalue weighted by molar-refractivity contribution is 7.89. The molecule has 0 heterocycles. The summed E-state index contributed by atoms with van der Waals surface area (Å²) >= 11 is 0. The lowest BCUT2D eigenvalue weighted by molar-refractivity contribution is -0.114. The fourth-order valence-corrected chi connectivity index (χ4v) is 3.43. The Bertz CT molecular complexity index is 1020. The monoisotopic (exact) mass is 416 g/mol. The summed E-state index contributed by atoms with van der Waals surface area (Å²) in [5.41, 5.74) is 1.37. The molecule has 154 valence electrons. The Hall–Kier alpha value is -3.02. The molecule has 0 radical (unpaired) electrons. The van der Waals surface area contributed by atoms with Gasteiger partial charge in [-0.05, 0) is 49.7 Å². The minimum atomic E-state index is -3.66. The number of benzene rings is 2. The van der Waals surface area contributed by atoms with Gasteiger partial charge in [-0.2, -0.15) is 4.72 Å². The van der Waals surface area contributed by atoms with Crippen LogP contribution in [0.4, 0.5) is 5.69 Å². The van der Waals surface area contributed by atoms with Crippen LogP contribution in [0.2, 0.25) is 0 Å². The zero-order chi connectivity index (χ0) is 21.3. The molecular weight excluding hydrogens is 392 g/mol. The number of hydrogen-bond acceptors (Lipinski definition) is 5. The molecule has 0 saturated heterocycles. The van der Waals surface area contributed by atoms with E-state index in [2.05, 4.69) is 21.9 Å². The quantitative estimate of drug-likeness (QED) is 0.646. The van der Waals surface area contributed by atoms with Crippen molar-refractivity contribution < 1.29 is 22.7 Å². The van der Waals surface area contributed by atoms with Gasteiger partial charge in [-0.25, -0.2) is 8.42 Å². The van der Waals surface area contributed by atoms with Crippen LogP contribution in [0.25, 0.3) is 0 Å². The molecule has 2 rings (SSSR count). The molecule has 8 heteroatoms. The predicted molar refractivity (Wildman–Crippen MR) is 112 cm³/mol. The SMILES string of the molecule is CCOc1ccc(S(=O)(=O)NCC#CCOc2cccc(NC(C)=O)c2)cc1C. The van der Waals surface area contributed by atoms with Crippen molar-refractivity contribution in [1.29, 1.82) is 0 Å². The Morgan fingerprint density at radius 2 is 1.90 bits per heavy atom. The maximum absolute atomic E-state index is 12.3. The molecule has 0 fully saturated rings. The van der Waals surface area contributed by atoms with Gasteiger partial charge in [0.05, 0.1) is 18.0 Å². The molecule has 0 bridgehead atoms. The van der Waals surface area contributed by atoms with Gasteiger partial charge in [0, 0.05) is 18.7 Å². The molecule has 0 atom stereocenters. The van der Waals surface area contributed by atoms with Crippen molar-refractivity contribution in [2.24, 2.45) is 0 Å². The summed E-state index contributed by atoms with van der Waals surface area (Å²) in [4.78, 5) is 11.2.